The maximum absolute atomic E-state index is 6.12. The van der Waals surface area contributed by atoms with E-state index in [1.807, 2.05) is 6.07 Å². The molecule has 2 aromatic rings. The van der Waals surface area contributed by atoms with Crippen LogP contribution in [0.15, 0.2) is 42.7 Å². The average molecular weight is 302 g/mol. The maximum atomic E-state index is 6.12. The zero-order valence-corrected chi connectivity index (χ0v) is 13.0. The number of benzene rings is 1. The summed E-state index contributed by atoms with van der Waals surface area (Å²) < 4.78 is 0. The molecule has 0 saturated heterocycles. The molecule has 0 bridgehead atoms. The average Bonchev–Trinajstić information content (AvgIpc) is 2.53. The van der Waals surface area contributed by atoms with Gasteiger partial charge in [-0.25, -0.2) is 0 Å². The topological polar surface area (TPSA) is 28.2 Å². The number of aromatic nitrogens is 1. The number of hydrogen-bond acceptors (Lipinski definition) is 3. The van der Waals surface area contributed by atoms with Crippen LogP contribution in [0.1, 0.15) is 18.1 Å². The molecule has 2 heterocycles. The summed E-state index contributed by atoms with van der Waals surface area (Å²) in [6.45, 7) is 5.29. The summed E-state index contributed by atoms with van der Waals surface area (Å²) in [7, 11) is 0. The van der Waals surface area contributed by atoms with Crippen molar-refractivity contribution in [2.75, 3.05) is 18.4 Å². The molecule has 1 atom stereocenters. The van der Waals surface area contributed by atoms with Crippen LogP contribution in [0.5, 0.6) is 0 Å². The number of fused-ring (bicyclic) bond motifs is 1. The Bertz CT molecular complexity index is 614. The summed E-state index contributed by atoms with van der Waals surface area (Å²) in [4.78, 5) is 6.52. The van der Waals surface area contributed by atoms with Gasteiger partial charge in [0, 0.05) is 38.1 Å². The SMILES string of the molecule is CC(CNc1ccncc1Cl)N1CCc2ccccc2C1. The second-order valence-electron chi connectivity index (χ2n) is 5.57. The van der Waals surface area contributed by atoms with Gasteiger partial charge in [0.2, 0.25) is 0 Å². The van der Waals surface area contributed by atoms with Crippen molar-refractivity contribution in [3.05, 3.63) is 58.9 Å². The molecule has 0 saturated carbocycles. The van der Waals surface area contributed by atoms with Gasteiger partial charge < -0.3 is 5.32 Å². The van der Waals surface area contributed by atoms with Crippen molar-refractivity contribution in [1.29, 1.82) is 0 Å². The number of hydrogen-bond donors (Lipinski definition) is 1. The maximum Gasteiger partial charge on any atom is 0.0820 e. The molecule has 0 radical (unpaired) electrons. The van der Waals surface area contributed by atoms with Crippen LogP contribution >= 0.6 is 11.6 Å². The van der Waals surface area contributed by atoms with E-state index in [-0.39, 0.29) is 0 Å². The van der Waals surface area contributed by atoms with Crippen LogP contribution in [0.25, 0.3) is 0 Å². The van der Waals surface area contributed by atoms with Gasteiger partial charge in [-0.05, 0) is 30.5 Å². The Balaban J connectivity index is 1.60. The zero-order chi connectivity index (χ0) is 14.7. The quantitative estimate of drug-likeness (QED) is 0.935. The molecule has 4 heteroatoms. The second-order valence-corrected chi connectivity index (χ2v) is 5.98. The summed E-state index contributed by atoms with van der Waals surface area (Å²) in [6, 6.07) is 11.1. The van der Waals surface area contributed by atoms with Gasteiger partial charge in [0.25, 0.3) is 0 Å². The molecule has 21 heavy (non-hydrogen) atoms. The van der Waals surface area contributed by atoms with Gasteiger partial charge in [0.1, 0.15) is 0 Å². The summed E-state index contributed by atoms with van der Waals surface area (Å²) in [6.07, 6.45) is 4.57. The Hall–Kier alpha value is -1.58. The molecule has 1 aromatic carbocycles. The highest BCUT2D eigenvalue weighted by molar-refractivity contribution is 6.33. The summed E-state index contributed by atoms with van der Waals surface area (Å²) >= 11 is 6.12. The second kappa shape index (κ2) is 6.46. The van der Waals surface area contributed by atoms with E-state index < -0.39 is 0 Å². The molecule has 1 unspecified atom stereocenters. The molecule has 3 rings (SSSR count). The summed E-state index contributed by atoms with van der Waals surface area (Å²) in [5.41, 5.74) is 3.90. The highest BCUT2D eigenvalue weighted by Crippen LogP contribution is 2.22. The van der Waals surface area contributed by atoms with Crippen molar-refractivity contribution >= 4 is 17.3 Å². The van der Waals surface area contributed by atoms with Gasteiger partial charge in [0.15, 0.2) is 0 Å². The molecular weight excluding hydrogens is 282 g/mol. The van der Waals surface area contributed by atoms with Gasteiger partial charge in [-0.15, -0.1) is 0 Å². The molecule has 1 aliphatic rings. The van der Waals surface area contributed by atoms with Gasteiger partial charge in [-0.3, -0.25) is 9.88 Å². The first-order chi connectivity index (χ1) is 10.2. The third-order valence-corrected chi connectivity index (χ3v) is 4.45. The van der Waals surface area contributed by atoms with Crippen LogP contribution in [0.3, 0.4) is 0 Å². The van der Waals surface area contributed by atoms with Crippen LogP contribution in [0, 0.1) is 0 Å². The monoisotopic (exact) mass is 301 g/mol. The van der Waals surface area contributed by atoms with E-state index in [1.54, 1.807) is 12.4 Å². The van der Waals surface area contributed by atoms with E-state index in [9.17, 15) is 0 Å². The van der Waals surface area contributed by atoms with Gasteiger partial charge >= 0.3 is 0 Å². The van der Waals surface area contributed by atoms with E-state index in [0.717, 1.165) is 31.7 Å². The molecule has 3 nitrogen and oxygen atoms in total. The third-order valence-electron chi connectivity index (χ3n) is 4.14. The van der Waals surface area contributed by atoms with Crippen LogP contribution in [-0.2, 0) is 13.0 Å². The number of anilines is 1. The number of nitrogens with one attached hydrogen (secondary N) is 1. The summed E-state index contributed by atoms with van der Waals surface area (Å²) in [5.74, 6) is 0. The first-order valence-corrected chi connectivity index (χ1v) is 7.76. The molecule has 1 N–H and O–H groups in total. The summed E-state index contributed by atoms with van der Waals surface area (Å²) in [5, 5.41) is 4.10. The fourth-order valence-electron chi connectivity index (χ4n) is 2.80. The van der Waals surface area contributed by atoms with E-state index in [0.29, 0.717) is 11.1 Å². The lowest BCUT2D eigenvalue weighted by Crippen LogP contribution is -2.41. The minimum Gasteiger partial charge on any atom is -0.382 e. The van der Waals surface area contributed by atoms with Gasteiger partial charge in [0.05, 0.1) is 10.7 Å². The first kappa shape index (κ1) is 14.4. The highest BCUT2D eigenvalue weighted by Gasteiger charge is 2.20. The Kier molecular flexibility index (Phi) is 4.42. The van der Waals surface area contributed by atoms with Crippen molar-refractivity contribution in [2.45, 2.75) is 25.9 Å². The number of nitrogens with zero attached hydrogens (tertiary/aromatic N) is 2. The van der Waals surface area contributed by atoms with Gasteiger partial charge in [-0.1, -0.05) is 35.9 Å². The molecule has 0 spiro atoms. The largest absolute Gasteiger partial charge is 0.382 e. The zero-order valence-electron chi connectivity index (χ0n) is 12.2. The van der Waals surface area contributed by atoms with Crippen LogP contribution in [0.2, 0.25) is 5.02 Å². The fraction of sp³-hybridized carbons (Fsp3) is 0.353. The lowest BCUT2D eigenvalue weighted by molar-refractivity contribution is 0.198. The van der Waals surface area contributed by atoms with Gasteiger partial charge in [-0.2, -0.15) is 0 Å². The standard InChI is InChI=1S/C17H20ClN3/c1-13(10-20-17-6-8-19-11-16(17)18)21-9-7-14-4-2-3-5-15(14)12-21/h2-6,8,11,13H,7,9-10,12H2,1H3,(H,19,20). The van der Waals surface area contributed by atoms with Crippen LogP contribution < -0.4 is 5.32 Å². The van der Waals surface area contributed by atoms with Crippen molar-refractivity contribution in [1.82, 2.24) is 9.88 Å². The van der Waals surface area contributed by atoms with Crippen molar-refractivity contribution < 1.29 is 0 Å². The fourth-order valence-corrected chi connectivity index (χ4v) is 2.99. The number of pyridine rings is 1. The third kappa shape index (κ3) is 3.36. The highest BCUT2D eigenvalue weighted by atomic mass is 35.5. The Morgan fingerprint density at radius 2 is 2.10 bits per heavy atom. The number of rotatable bonds is 4. The molecule has 0 amide bonds. The predicted molar refractivity (Wildman–Crippen MR) is 87.8 cm³/mol. The molecular formula is C17H20ClN3. The minimum absolute atomic E-state index is 0.461. The van der Waals surface area contributed by atoms with Crippen molar-refractivity contribution in [3.63, 3.8) is 0 Å². The first-order valence-electron chi connectivity index (χ1n) is 7.38. The predicted octanol–water partition coefficient (Wildman–Crippen LogP) is 3.59. The minimum atomic E-state index is 0.461. The Morgan fingerprint density at radius 3 is 2.90 bits per heavy atom. The van der Waals surface area contributed by atoms with E-state index in [4.69, 9.17) is 11.6 Å². The Morgan fingerprint density at radius 1 is 1.29 bits per heavy atom. The van der Waals surface area contributed by atoms with Crippen LogP contribution in [0.4, 0.5) is 5.69 Å². The molecule has 0 aliphatic carbocycles. The normalized spacial score (nSPS) is 16.3. The van der Waals surface area contributed by atoms with Crippen molar-refractivity contribution in [3.8, 4) is 0 Å². The number of halogens is 1. The van der Waals surface area contributed by atoms with E-state index >= 15 is 0 Å². The Labute approximate surface area is 131 Å². The molecule has 1 aromatic heterocycles. The van der Waals surface area contributed by atoms with Crippen molar-refractivity contribution in [2.24, 2.45) is 0 Å². The lowest BCUT2D eigenvalue weighted by Gasteiger charge is -2.34. The molecule has 0 fully saturated rings. The smallest absolute Gasteiger partial charge is 0.0820 e. The lowest BCUT2D eigenvalue weighted by atomic mass is 9.99. The molecule has 110 valence electrons. The molecule has 1 aliphatic heterocycles. The van der Waals surface area contributed by atoms with E-state index in [1.165, 1.54) is 11.1 Å². The van der Waals surface area contributed by atoms with E-state index in [2.05, 4.69) is 46.4 Å². The van der Waals surface area contributed by atoms with Crippen LogP contribution in [-0.4, -0.2) is 29.0 Å².